The number of quaternary nitrogens is 1. The highest BCUT2D eigenvalue weighted by Crippen LogP contribution is 2.38. The van der Waals surface area contributed by atoms with Gasteiger partial charge in [-0.25, -0.2) is 0 Å². The number of nitrogens with zero attached hydrogens (tertiary/aromatic N) is 1. The Balaban J connectivity index is 4.04. The number of likely N-dealkylation sites (N-methyl/N-ethyl adjacent to an activating group) is 1. The third-order valence-corrected chi connectivity index (χ3v) is 15.9. The van der Waals surface area contributed by atoms with Crippen LogP contribution in [0.15, 0.2) is 122 Å². The Morgan fingerprint density at radius 2 is 0.628 bits per heavy atom. The molecule has 0 saturated heterocycles. The van der Waals surface area contributed by atoms with Gasteiger partial charge in [0.15, 0.2) is 6.10 Å². The standard InChI is InChI=1S/C76H132NO8P/c1-6-8-10-12-14-16-18-20-22-24-26-28-30-32-34-35-36-37-38-39-40-41-43-45-47-49-51-53-55-57-59-61-63-65-67-69-76(79)85-74(73-84-86(80,81)83-71-70-77(3,4)5)72-82-75(78)68-66-64-62-60-58-56-54-52-50-48-46-44-42-33-31-29-27-25-23-21-19-17-15-13-11-9-7-2/h8-11,14-17,20-23,26-29,32,34,36-37,74H,6-7,12-13,18-19,24-25,30-31,33,35,38-73H2,1-5H3/b10-8-,11-9-,16-14-,17-15-,22-20-,23-21-,28-26-,29-27-,34-32-,37-36-. The van der Waals surface area contributed by atoms with Gasteiger partial charge in [0.1, 0.15) is 19.8 Å². The molecule has 494 valence electrons. The van der Waals surface area contributed by atoms with Gasteiger partial charge < -0.3 is 27.9 Å². The first-order valence-electron chi connectivity index (χ1n) is 35.2. The van der Waals surface area contributed by atoms with Crippen molar-refractivity contribution >= 4 is 19.8 Å². The van der Waals surface area contributed by atoms with Gasteiger partial charge in [0.2, 0.25) is 0 Å². The number of esters is 2. The van der Waals surface area contributed by atoms with Crippen molar-refractivity contribution in [2.24, 2.45) is 0 Å². The molecule has 0 aromatic carbocycles. The topological polar surface area (TPSA) is 111 Å². The molecule has 0 spiro atoms. The third-order valence-electron chi connectivity index (χ3n) is 15.0. The second-order valence-corrected chi connectivity index (χ2v) is 25.9. The number of hydrogen-bond donors (Lipinski definition) is 0. The van der Waals surface area contributed by atoms with Crippen molar-refractivity contribution in [1.29, 1.82) is 0 Å². The predicted octanol–water partition coefficient (Wildman–Crippen LogP) is 22.4. The Hall–Kier alpha value is -3.59. The number of allylic oxidation sites excluding steroid dienone is 20. The van der Waals surface area contributed by atoms with Crippen LogP contribution in [0.3, 0.4) is 0 Å². The summed E-state index contributed by atoms with van der Waals surface area (Å²) in [5, 5.41) is 0. The third kappa shape index (κ3) is 69.5. The minimum absolute atomic E-state index is 0.0342. The van der Waals surface area contributed by atoms with E-state index in [1.807, 2.05) is 21.1 Å². The van der Waals surface area contributed by atoms with E-state index in [2.05, 4.69) is 135 Å². The van der Waals surface area contributed by atoms with Crippen LogP contribution in [0, 0.1) is 0 Å². The van der Waals surface area contributed by atoms with Gasteiger partial charge in [0.25, 0.3) is 7.82 Å². The number of carbonyl (C=O) groups is 2. The van der Waals surface area contributed by atoms with E-state index in [9.17, 15) is 19.0 Å². The lowest BCUT2D eigenvalue weighted by molar-refractivity contribution is -0.870. The number of ether oxygens (including phenoxy) is 2. The van der Waals surface area contributed by atoms with Gasteiger partial charge in [-0.2, -0.15) is 0 Å². The zero-order chi connectivity index (χ0) is 62.6. The monoisotopic (exact) mass is 1220 g/mol. The largest absolute Gasteiger partial charge is 0.756 e. The average Bonchev–Trinajstić information content (AvgIpc) is 3.56. The van der Waals surface area contributed by atoms with Gasteiger partial charge in [0.05, 0.1) is 27.7 Å². The maximum absolute atomic E-state index is 12.9. The summed E-state index contributed by atoms with van der Waals surface area (Å²) in [7, 11) is 1.16. The Bertz CT molecular complexity index is 1870. The first-order chi connectivity index (χ1) is 42.0. The summed E-state index contributed by atoms with van der Waals surface area (Å²) in [6.07, 6.45) is 94.2. The molecule has 0 aliphatic carbocycles. The fourth-order valence-electron chi connectivity index (χ4n) is 9.65. The molecule has 0 aromatic rings. The molecule has 0 bridgehead atoms. The lowest BCUT2D eigenvalue weighted by Crippen LogP contribution is -2.37. The van der Waals surface area contributed by atoms with Crippen molar-refractivity contribution in [2.45, 2.75) is 302 Å². The van der Waals surface area contributed by atoms with E-state index in [0.29, 0.717) is 17.4 Å². The predicted molar refractivity (Wildman–Crippen MR) is 369 cm³/mol. The molecule has 0 aromatic heterocycles. The molecule has 0 rings (SSSR count). The number of unbranched alkanes of at least 4 members (excludes halogenated alkanes) is 30. The molecule has 0 radical (unpaired) electrons. The Labute approximate surface area is 530 Å². The highest BCUT2D eigenvalue weighted by Gasteiger charge is 2.22. The molecule has 0 amide bonds. The zero-order valence-corrected chi connectivity index (χ0v) is 57.1. The smallest absolute Gasteiger partial charge is 0.306 e. The SMILES string of the molecule is CC/C=C\C/C=C\C/C=C\C/C=C\C/C=C\C/C=C\CCCCCCCCCCCCCCCCCCC(=O)OC(COC(=O)CCCCCCCCCCCCCCCC/C=C\C/C=C\C/C=C\C/C=C\CC)COP(=O)([O-])OCC[N+](C)(C)C. The molecule has 0 heterocycles. The maximum Gasteiger partial charge on any atom is 0.306 e. The minimum atomic E-state index is -4.65. The van der Waals surface area contributed by atoms with E-state index >= 15 is 0 Å². The molecule has 2 atom stereocenters. The second kappa shape index (κ2) is 65.8. The molecule has 9 nitrogen and oxygen atoms in total. The fourth-order valence-corrected chi connectivity index (χ4v) is 10.4. The Kier molecular flexibility index (Phi) is 63.1. The van der Waals surface area contributed by atoms with Crippen LogP contribution in [0.1, 0.15) is 296 Å². The van der Waals surface area contributed by atoms with Gasteiger partial charge >= 0.3 is 11.9 Å². The molecular formula is C76H132NO8P. The number of hydrogen-bond acceptors (Lipinski definition) is 8. The highest BCUT2D eigenvalue weighted by molar-refractivity contribution is 7.45. The van der Waals surface area contributed by atoms with Crippen LogP contribution >= 0.6 is 7.82 Å². The van der Waals surface area contributed by atoms with E-state index in [1.54, 1.807) is 0 Å². The van der Waals surface area contributed by atoms with Gasteiger partial charge in [0, 0.05) is 12.8 Å². The first kappa shape index (κ1) is 82.4. The molecule has 0 fully saturated rings. The lowest BCUT2D eigenvalue weighted by Gasteiger charge is -2.28. The molecule has 0 N–H and O–H groups in total. The van der Waals surface area contributed by atoms with Crippen LogP contribution < -0.4 is 4.89 Å². The van der Waals surface area contributed by atoms with Crippen molar-refractivity contribution < 1.29 is 42.1 Å². The van der Waals surface area contributed by atoms with Crippen LogP contribution in [-0.2, 0) is 32.7 Å². The maximum atomic E-state index is 12.9. The van der Waals surface area contributed by atoms with Crippen molar-refractivity contribution in [3.8, 4) is 0 Å². The molecule has 0 aliphatic heterocycles. The minimum Gasteiger partial charge on any atom is -0.756 e. The van der Waals surface area contributed by atoms with E-state index in [0.717, 1.165) is 103 Å². The molecule has 2 unspecified atom stereocenters. The average molecular weight is 1220 g/mol. The van der Waals surface area contributed by atoms with E-state index < -0.39 is 26.5 Å². The van der Waals surface area contributed by atoms with Crippen molar-refractivity contribution in [3.63, 3.8) is 0 Å². The molecular weight excluding hydrogens is 1090 g/mol. The Morgan fingerprint density at radius 3 is 0.930 bits per heavy atom. The first-order valence-corrected chi connectivity index (χ1v) is 36.7. The van der Waals surface area contributed by atoms with Crippen LogP contribution in [0.4, 0.5) is 0 Å². The normalized spacial score (nSPS) is 13.9. The fraction of sp³-hybridized carbons (Fsp3) is 0.711. The number of rotatable bonds is 64. The zero-order valence-electron chi connectivity index (χ0n) is 56.2. The second-order valence-electron chi connectivity index (χ2n) is 24.5. The van der Waals surface area contributed by atoms with Gasteiger partial charge in [-0.1, -0.05) is 302 Å². The van der Waals surface area contributed by atoms with Crippen molar-refractivity contribution in [3.05, 3.63) is 122 Å². The van der Waals surface area contributed by atoms with Gasteiger partial charge in [-0.15, -0.1) is 0 Å². The Morgan fingerprint density at radius 1 is 0.360 bits per heavy atom. The summed E-state index contributed by atoms with van der Waals surface area (Å²) in [4.78, 5) is 38.1. The molecule has 0 saturated carbocycles. The van der Waals surface area contributed by atoms with Crippen LogP contribution in [0.25, 0.3) is 0 Å². The van der Waals surface area contributed by atoms with E-state index in [1.165, 1.54) is 161 Å². The summed E-state index contributed by atoms with van der Waals surface area (Å²) < 4.78 is 34.3. The van der Waals surface area contributed by atoms with E-state index in [4.69, 9.17) is 18.5 Å². The van der Waals surface area contributed by atoms with Crippen molar-refractivity contribution in [1.82, 2.24) is 0 Å². The van der Waals surface area contributed by atoms with E-state index in [-0.39, 0.29) is 32.0 Å². The van der Waals surface area contributed by atoms with Crippen LogP contribution in [-0.4, -0.2) is 70.0 Å². The lowest BCUT2D eigenvalue weighted by atomic mass is 10.0. The summed E-state index contributed by atoms with van der Waals surface area (Å²) in [5.41, 5.74) is 0. The summed E-state index contributed by atoms with van der Waals surface area (Å²) in [6, 6.07) is 0. The van der Waals surface area contributed by atoms with Crippen molar-refractivity contribution in [2.75, 3.05) is 47.5 Å². The van der Waals surface area contributed by atoms with Crippen LogP contribution in [0.2, 0.25) is 0 Å². The summed E-state index contributed by atoms with van der Waals surface area (Å²) in [5.74, 6) is -0.829. The molecule has 86 heavy (non-hydrogen) atoms. The van der Waals surface area contributed by atoms with Gasteiger partial charge in [-0.05, 0) is 103 Å². The quantitative estimate of drug-likeness (QED) is 0.0195. The highest BCUT2D eigenvalue weighted by atomic mass is 31.2. The summed E-state index contributed by atoms with van der Waals surface area (Å²) in [6.45, 7) is 4.04. The molecule has 0 aliphatic rings. The number of phosphoric acid groups is 1. The number of phosphoric ester groups is 1. The summed E-state index contributed by atoms with van der Waals surface area (Å²) >= 11 is 0. The van der Waals surface area contributed by atoms with Crippen LogP contribution in [0.5, 0.6) is 0 Å². The number of carbonyl (C=O) groups excluding carboxylic acids is 2. The molecule has 10 heteroatoms. The van der Waals surface area contributed by atoms with Gasteiger partial charge in [-0.3, -0.25) is 14.2 Å².